The zero-order valence-corrected chi connectivity index (χ0v) is 10.5. The summed E-state index contributed by atoms with van der Waals surface area (Å²) in [6, 6.07) is 4.30. The maximum atomic E-state index is 5.70. The standard InChI is InChI=1S/C13H21N3O/c1-3-11(17-2)13(16-14)10-7-6-9-5-4-8-15-12(9)10/h4-5,8,10-11,13,16H,3,6-7,14H2,1-2H3. The lowest BCUT2D eigenvalue weighted by Gasteiger charge is -2.29. The van der Waals surface area contributed by atoms with Gasteiger partial charge in [0.15, 0.2) is 0 Å². The van der Waals surface area contributed by atoms with Gasteiger partial charge in [-0.25, -0.2) is 0 Å². The number of nitrogens with zero attached hydrogens (tertiary/aromatic N) is 1. The number of nitrogens with two attached hydrogens (primary N) is 1. The average Bonchev–Trinajstić information content (AvgIpc) is 2.79. The molecule has 0 aliphatic heterocycles. The van der Waals surface area contributed by atoms with Gasteiger partial charge in [-0.3, -0.25) is 16.3 Å². The molecule has 0 radical (unpaired) electrons. The number of hydrogen-bond acceptors (Lipinski definition) is 4. The van der Waals surface area contributed by atoms with Crippen LogP contribution in [-0.2, 0) is 11.2 Å². The number of methoxy groups -OCH3 is 1. The van der Waals surface area contributed by atoms with Crippen LogP contribution >= 0.6 is 0 Å². The molecule has 0 spiro atoms. The average molecular weight is 235 g/mol. The molecule has 0 aromatic carbocycles. The lowest BCUT2D eigenvalue weighted by atomic mass is 9.91. The molecule has 3 unspecified atom stereocenters. The maximum absolute atomic E-state index is 5.70. The van der Waals surface area contributed by atoms with Gasteiger partial charge >= 0.3 is 0 Å². The molecular weight excluding hydrogens is 214 g/mol. The highest BCUT2D eigenvalue weighted by atomic mass is 16.5. The highest BCUT2D eigenvalue weighted by Gasteiger charge is 2.34. The Labute approximate surface area is 103 Å². The molecule has 3 N–H and O–H groups in total. The molecule has 1 aromatic rings. The molecule has 94 valence electrons. The van der Waals surface area contributed by atoms with Gasteiger partial charge in [-0.2, -0.15) is 0 Å². The van der Waals surface area contributed by atoms with E-state index in [-0.39, 0.29) is 12.1 Å². The first-order valence-corrected chi connectivity index (χ1v) is 6.24. The van der Waals surface area contributed by atoms with Crippen LogP contribution in [0.1, 0.15) is 36.9 Å². The van der Waals surface area contributed by atoms with Crippen LogP contribution in [-0.4, -0.2) is 24.2 Å². The van der Waals surface area contributed by atoms with Crippen LogP contribution in [0.15, 0.2) is 18.3 Å². The molecule has 1 aromatic heterocycles. The number of aromatic nitrogens is 1. The Morgan fingerprint density at radius 1 is 1.65 bits per heavy atom. The Hall–Kier alpha value is -0.970. The topological polar surface area (TPSA) is 60.2 Å². The number of rotatable bonds is 5. The van der Waals surface area contributed by atoms with Gasteiger partial charge in [0.05, 0.1) is 12.1 Å². The van der Waals surface area contributed by atoms with E-state index in [1.54, 1.807) is 7.11 Å². The number of hydrogen-bond donors (Lipinski definition) is 2. The van der Waals surface area contributed by atoms with Crippen LogP contribution < -0.4 is 11.3 Å². The van der Waals surface area contributed by atoms with Crippen molar-refractivity contribution in [2.24, 2.45) is 5.84 Å². The minimum absolute atomic E-state index is 0.137. The van der Waals surface area contributed by atoms with Gasteiger partial charge in [0.2, 0.25) is 0 Å². The summed E-state index contributed by atoms with van der Waals surface area (Å²) in [6.07, 6.45) is 5.13. The van der Waals surface area contributed by atoms with Crippen molar-refractivity contribution in [1.29, 1.82) is 0 Å². The fourth-order valence-corrected chi connectivity index (χ4v) is 2.84. The van der Waals surface area contributed by atoms with Crippen molar-refractivity contribution in [3.05, 3.63) is 29.6 Å². The fraction of sp³-hybridized carbons (Fsp3) is 0.615. The Morgan fingerprint density at radius 2 is 2.47 bits per heavy atom. The Kier molecular flexibility index (Phi) is 4.10. The Balaban J connectivity index is 2.22. The molecule has 4 heteroatoms. The summed E-state index contributed by atoms with van der Waals surface area (Å²) in [5, 5.41) is 0. The van der Waals surface area contributed by atoms with E-state index in [0.29, 0.717) is 5.92 Å². The second-order valence-corrected chi connectivity index (χ2v) is 4.57. The maximum Gasteiger partial charge on any atom is 0.0741 e. The van der Waals surface area contributed by atoms with Crippen molar-refractivity contribution in [3.8, 4) is 0 Å². The first-order chi connectivity index (χ1) is 8.31. The molecule has 0 bridgehead atoms. The van der Waals surface area contributed by atoms with E-state index in [9.17, 15) is 0 Å². The second kappa shape index (κ2) is 5.58. The van der Waals surface area contributed by atoms with Crippen LogP contribution in [0.2, 0.25) is 0 Å². The smallest absolute Gasteiger partial charge is 0.0741 e. The van der Waals surface area contributed by atoms with E-state index < -0.39 is 0 Å². The lowest BCUT2D eigenvalue weighted by Crippen LogP contribution is -2.48. The summed E-state index contributed by atoms with van der Waals surface area (Å²) >= 11 is 0. The number of nitrogens with one attached hydrogen (secondary N) is 1. The van der Waals surface area contributed by atoms with E-state index in [4.69, 9.17) is 10.6 Å². The molecule has 1 aliphatic carbocycles. The van der Waals surface area contributed by atoms with Crippen molar-refractivity contribution in [2.45, 2.75) is 44.2 Å². The van der Waals surface area contributed by atoms with E-state index in [1.807, 2.05) is 12.3 Å². The predicted molar refractivity (Wildman–Crippen MR) is 67.5 cm³/mol. The highest BCUT2D eigenvalue weighted by molar-refractivity contribution is 5.30. The molecule has 0 fully saturated rings. The third kappa shape index (κ3) is 2.34. The van der Waals surface area contributed by atoms with Crippen molar-refractivity contribution in [3.63, 3.8) is 0 Å². The number of fused-ring (bicyclic) bond motifs is 1. The van der Waals surface area contributed by atoms with E-state index in [2.05, 4.69) is 23.4 Å². The predicted octanol–water partition coefficient (Wildman–Crippen LogP) is 1.37. The third-order valence-corrected chi connectivity index (χ3v) is 3.73. The van der Waals surface area contributed by atoms with Gasteiger partial charge in [-0.05, 0) is 30.9 Å². The van der Waals surface area contributed by atoms with Crippen molar-refractivity contribution >= 4 is 0 Å². The number of aryl methyl sites for hydroxylation is 1. The first-order valence-electron chi connectivity index (χ1n) is 6.24. The molecule has 0 saturated heterocycles. The van der Waals surface area contributed by atoms with Gasteiger partial charge in [0.25, 0.3) is 0 Å². The monoisotopic (exact) mass is 235 g/mol. The molecule has 0 amide bonds. The fourth-order valence-electron chi connectivity index (χ4n) is 2.84. The summed E-state index contributed by atoms with van der Waals surface area (Å²) in [5.74, 6) is 6.07. The third-order valence-electron chi connectivity index (χ3n) is 3.73. The largest absolute Gasteiger partial charge is 0.380 e. The van der Waals surface area contributed by atoms with Gasteiger partial charge in [-0.1, -0.05) is 13.0 Å². The van der Waals surface area contributed by atoms with Crippen molar-refractivity contribution in [2.75, 3.05) is 7.11 Å². The van der Waals surface area contributed by atoms with Crippen LogP contribution in [0, 0.1) is 0 Å². The molecule has 2 rings (SSSR count). The van der Waals surface area contributed by atoms with Gasteiger partial charge in [0.1, 0.15) is 0 Å². The van der Waals surface area contributed by atoms with Crippen LogP contribution in [0.4, 0.5) is 0 Å². The van der Waals surface area contributed by atoms with Crippen LogP contribution in [0.5, 0.6) is 0 Å². The first kappa shape index (κ1) is 12.5. The van der Waals surface area contributed by atoms with E-state index >= 15 is 0 Å². The zero-order valence-electron chi connectivity index (χ0n) is 10.5. The van der Waals surface area contributed by atoms with Crippen LogP contribution in [0.25, 0.3) is 0 Å². The summed E-state index contributed by atoms with van der Waals surface area (Å²) in [5.41, 5.74) is 5.46. The second-order valence-electron chi connectivity index (χ2n) is 4.57. The van der Waals surface area contributed by atoms with Gasteiger partial charge in [0, 0.05) is 24.9 Å². The van der Waals surface area contributed by atoms with Crippen molar-refractivity contribution < 1.29 is 4.74 Å². The number of hydrazine groups is 1. The molecular formula is C13H21N3O. The minimum Gasteiger partial charge on any atom is -0.380 e. The normalized spacial score (nSPS) is 22.2. The quantitative estimate of drug-likeness (QED) is 0.598. The Bertz CT molecular complexity index is 365. The van der Waals surface area contributed by atoms with Gasteiger partial charge < -0.3 is 4.74 Å². The van der Waals surface area contributed by atoms with Crippen molar-refractivity contribution in [1.82, 2.24) is 10.4 Å². The SMILES string of the molecule is CCC(OC)C(NN)C1CCc2cccnc21. The minimum atomic E-state index is 0.137. The molecule has 0 saturated carbocycles. The Morgan fingerprint density at radius 3 is 3.12 bits per heavy atom. The molecule has 1 aliphatic rings. The lowest BCUT2D eigenvalue weighted by molar-refractivity contribution is 0.0556. The molecule has 4 nitrogen and oxygen atoms in total. The molecule has 17 heavy (non-hydrogen) atoms. The molecule has 3 atom stereocenters. The van der Waals surface area contributed by atoms with E-state index in [0.717, 1.165) is 19.3 Å². The molecule has 1 heterocycles. The van der Waals surface area contributed by atoms with Gasteiger partial charge in [-0.15, -0.1) is 0 Å². The highest BCUT2D eigenvalue weighted by Crippen LogP contribution is 2.35. The summed E-state index contributed by atoms with van der Waals surface area (Å²) in [7, 11) is 1.74. The summed E-state index contributed by atoms with van der Waals surface area (Å²) in [6.45, 7) is 2.12. The number of pyridine rings is 1. The number of ether oxygens (including phenoxy) is 1. The van der Waals surface area contributed by atoms with Crippen LogP contribution in [0.3, 0.4) is 0 Å². The zero-order chi connectivity index (χ0) is 12.3. The summed E-state index contributed by atoms with van der Waals surface area (Å²) < 4.78 is 5.51. The summed E-state index contributed by atoms with van der Waals surface area (Å²) in [4.78, 5) is 4.51. The van der Waals surface area contributed by atoms with E-state index in [1.165, 1.54) is 11.3 Å².